The van der Waals surface area contributed by atoms with Gasteiger partial charge in [0.2, 0.25) is 0 Å². The van der Waals surface area contributed by atoms with E-state index < -0.39 is 10.1 Å². The lowest BCUT2D eigenvalue weighted by Gasteiger charge is -2.37. The van der Waals surface area contributed by atoms with E-state index in [0.29, 0.717) is 6.04 Å². The first-order chi connectivity index (χ1) is 11.1. The number of ether oxygens (including phenoxy) is 2. The second-order valence-electron chi connectivity index (χ2n) is 6.12. The van der Waals surface area contributed by atoms with Crippen LogP contribution in [0.2, 0.25) is 0 Å². The Morgan fingerprint density at radius 3 is 2.25 bits per heavy atom. The molecule has 0 aromatic heterocycles. The summed E-state index contributed by atoms with van der Waals surface area (Å²) in [7, 11) is 0.186. The predicted octanol–water partition coefficient (Wildman–Crippen LogP) is 2.72. The highest BCUT2D eigenvalue weighted by Crippen LogP contribution is 2.22. The second-order valence-corrected chi connectivity index (χ2v) is 7.54. The minimum atomic E-state index is -4.02. The van der Waals surface area contributed by atoms with Crippen LogP contribution in [0.3, 0.4) is 0 Å². The van der Waals surface area contributed by atoms with Crippen LogP contribution in [0.4, 0.5) is 0 Å². The number of aryl methyl sites for hydroxylation is 1. The van der Waals surface area contributed by atoms with Gasteiger partial charge in [-0.15, -0.1) is 0 Å². The van der Waals surface area contributed by atoms with Crippen LogP contribution in [-0.2, 0) is 19.6 Å². The zero-order valence-corrected chi connectivity index (χ0v) is 15.9. The van der Waals surface area contributed by atoms with E-state index in [1.807, 2.05) is 13.8 Å². The van der Waals surface area contributed by atoms with Gasteiger partial charge in [-0.3, -0.25) is 4.55 Å². The molecule has 0 aliphatic carbocycles. The van der Waals surface area contributed by atoms with E-state index in [4.69, 9.17) is 14.0 Å². The van der Waals surface area contributed by atoms with Crippen molar-refractivity contribution in [2.75, 3.05) is 20.7 Å². The monoisotopic (exact) mass is 359 g/mol. The Hall–Kier alpha value is -0.990. The van der Waals surface area contributed by atoms with Gasteiger partial charge in [-0.05, 0) is 59.8 Å². The zero-order valence-electron chi connectivity index (χ0n) is 15.1. The summed E-state index contributed by atoms with van der Waals surface area (Å²) >= 11 is 0. The van der Waals surface area contributed by atoms with E-state index in [2.05, 4.69) is 25.9 Å². The van der Waals surface area contributed by atoms with E-state index in [1.165, 1.54) is 18.6 Å². The maximum atomic E-state index is 10.5. The third-order valence-corrected chi connectivity index (χ3v) is 4.81. The first kappa shape index (κ1) is 21.1. The molecule has 1 saturated heterocycles. The van der Waals surface area contributed by atoms with Crippen LogP contribution in [0.5, 0.6) is 0 Å². The Bertz CT molecular complexity index is 586. The van der Waals surface area contributed by atoms with Crippen LogP contribution < -0.4 is 0 Å². The molecule has 1 N–H and O–H groups in total. The maximum Gasteiger partial charge on any atom is 0.294 e. The fourth-order valence-corrected chi connectivity index (χ4v) is 3.12. The molecule has 1 heterocycles. The van der Waals surface area contributed by atoms with Crippen molar-refractivity contribution in [2.45, 2.75) is 56.9 Å². The molecule has 0 bridgehead atoms. The summed E-state index contributed by atoms with van der Waals surface area (Å²) in [5, 5.41) is 0. The molecule has 0 spiro atoms. The van der Waals surface area contributed by atoms with Crippen molar-refractivity contribution in [3.05, 3.63) is 29.8 Å². The topological polar surface area (TPSA) is 76.1 Å². The van der Waals surface area contributed by atoms with Crippen molar-refractivity contribution in [3.8, 4) is 0 Å². The highest BCUT2D eigenvalue weighted by atomic mass is 32.2. The summed E-state index contributed by atoms with van der Waals surface area (Å²) in [6, 6.07) is 6.53. The van der Waals surface area contributed by atoms with Crippen LogP contribution in [0, 0.1) is 6.92 Å². The van der Waals surface area contributed by atoms with E-state index in [9.17, 15) is 8.42 Å². The summed E-state index contributed by atoms with van der Waals surface area (Å²) in [6.45, 7) is 6.71. The average molecular weight is 359 g/mol. The molecule has 24 heavy (non-hydrogen) atoms. The lowest BCUT2D eigenvalue weighted by molar-refractivity contribution is -0.203. The fraction of sp³-hybridized carbons (Fsp3) is 0.647. The molecule has 1 fully saturated rings. The summed E-state index contributed by atoms with van der Waals surface area (Å²) in [5.41, 5.74) is 0.956. The number of likely N-dealkylation sites (N-methyl/N-ethyl adjacent to an activating group) is 1. The second kappa shape index (κ2) is 9.48. The number of nitrogens with zero attached hydrogens (tertiary/aromatic N) is 1. The lowest BCUT2D eigenvalue weighted by atomic mass is 10.0. The Labute approximate surface area is 145 Å². The Morgan fingerprint density at radius 1 is 1.25 bits per heavy atom. The number of hydrogen-bond donors (Lipinski definition) is 1. The average Bonchev–Trinajstić information content (AvgIpc) is 2.47. The van der Waals surface area contributed by atoms with Crippen LogP contribution in [-0.4, -0.2) is 57.0 Å². The molecule has 7 heteroatoms. The Kier molecular flexibility index (Phi) is 8.32. The molecule has 0 radical (unpaired) electrons. The molecule has 1 aromatic rings. The number of hydrogen-bond acceptors (Lipinski definition) is 5. The minimum Gasteiger partial charge on any atom is -0.353 e. The predicted molar refractivity (Wildman–Crippen MR) is 93.7 cm³/mol. The molecule has 1 aromatic carbocycles. The molecular formula is C17H29NO5S. The van der Waals surface area contributed by atoms with Crippen molar-refractivity contribution in [3.63, 3.8) is 0 Å². The van der Waals surface area contributed by atoms with Gasteiger partial charge in [-0.2, -0.15) is 8.42 Å². The van der Waals surface area contributed by atoms with Gasteiger partial charge < -0.3 is 14.4 Å². The van der Waals surface area contributed by atoms with E-state index in [0.717, 1.165) is 18.6 Å². The van der Waals surface area contributed by atoms with Gasteiger partial charge in [0.25, 0.3) is 10.1 Å². The highest BCUT2D eigenvalue weighted by Gasteiger charge is 2.29. The SMILES string of the molecule is CCOC1CCC(N(C)C)C(C)O1.Cc1ccc(S(=O)(=O)O)cc1. The molecular weight excluding hydrogens is 330 g/mol. The normalized spacial score (nSPS) is 24.4. The molecule has 1 aliphatic heterocycles. The number of benzene rings is 1. The molecule has 3 atom stereocenters. The molecule has 3 unspecified atom stereocenters. The minimum absolute atomic E-state index is 0.0243. The van der Waals surface area contributed by atoms with Gasteiger partial charge in [0.1, 0.15) is 0 Å². The van der Waals surface area contributed by atoms with Crippen molar-refractivity contribution < 1.29 is 22.4 Å². The molecule has 0 saturated carbocycles. The lowest BCUT2D eigenvalue weighted by Crippen LogP contribution is -2.45. The van der Waals surface area contributed by atoms with Crippen molar-refractivity contribution in [1.82, 2.24) is 4.90 Å². The zero-order chi connectivity index (χ0) is 18.3. The molecule has 2 rings (SSSR count). The summed E-state index contributed by atoms with van der Waals surface area (Å²) < 4.78 is 40.7. The summed E-state index contributed by atoms with van der Waals surface area (Å²) in [6.07, 6.45) is 2.48. The van der Waals surface area contributed by atoms with Gasteiger partial charge in [0.05, 0.1) is 11.0 Å². The van der Waals surface area contributed by atoms with E-state index in [-0.39, 0.29) is 17.3 Å². The summed E-state index contributed by atoms with van der Waals surface area (Å²) in [5.74, 6) is 0. The van der Waals surface area contributed by atoms with Gasteiger partial charge in [0.15, 0.2) is 6.29 Å². The van der Waals surface area contributed by atoms with Crippen LogP contribution in [0.15, 0.2) is 29.2 Å². The third-order valence-electron chi connectivity index (χ3n) is 3.94. The van der Waals surface area contributed by atoms with E-state index in [1.54, 1.807) is 12.1 Å². The van der Waals surface area contributed by atoms with Gasteiger partial charge in [0, 0.05) is 12.6 Å². The van der Waals surface area contributed by atoms with Crippen molar-refractivity contribution in [2.24, 2.45) is 0 Å². The molecule has 6 nitrogen and oxygen atoms in total. The van der Waals surface area contributed by atoms with E-state index >= 15 is 0 Å². The standard InChI is InChI=1S/C10H21NO2.C7H8O3S/c1-5-12-10-7-6-9(11(3)4)8(2)13-10;1-6-2-4-7(5-3-6)11(8,9)10/h8-10H,5-7H2,1-4H3;2-5H,1H3,(H,8,9,10). The van der Waals surface area contributed by atoms with Gasteiger partial charge >= 0.3 is 0 Å². The molecule has 138 valence electrons. The van der Waals surface area contributed by atoms with Crippen molar-refractivity contribution >= 4 is 10.1 Å². The van der Waals surface area contributed by atoms with Crippen LogP contribution in [0.1, 0.15) is 32.3 Å². The van der Waals surface area contributed by atoms with Gasteiger partial charge in [-0.25, -0.2) is 0 Å². The maximum absolute atomic E-state index is 10.5. The van der Waals surface area contributed by atoms with Crippen molar-refractivity contribution in [1.29, 1.82) is 0 Å². The number of rotatable bonds is 4. The van der Waals surface area contributed by atoms with Gasteiger partial charge in [-0.1, -0.05) is 17.7 Å². The third kappa shape index (κ3) is 6.86. The highest BCUT2D eigenvalue weighted by molar-refractivity contribution is 7.85. The largest absolute Gasteiger partial charge is 0.353 e. The van der Waals surface area contributed by atoms with Crippen LogP contribution >= 0.6 is 0 Å². The van der Waals surface area contributed by atoms with Crippen LogP contribution in [0.25, 0.3) is 0 Å². The quantitative estimate of drug-likeness (QED) is 0.833. The Balaban J connectivity index is 0.000000243. The first-order valence-corrected chi connectivity index (χ1v) is 9.56. The molecule has 1 aliphatic rings. The smallest absolute Gasteiger partial charge is 0.294 e. The summed E-state index contributed by atoms with van der Waals surface area (Å²) in [4.78, 5) is 2.16. The first-order valence-electron chi connectivity index (χ1n) is 8.12. The molecule has 0 amide bonds. The fourth-order valence-electron chi connectivity index (χ4n) is 2.64. The Morgan fingerprint density at radius 2 is 1.83 bits per heavy atom.